The summed E-state index contributed by atoms with van der Waals surface area (Å²) in [6, 6.07) is 7.69. The molecule has 1 heterocycles. The number of carbonyl (C=O) groups excluding carboxylic acids is 1. The average molecular weight is 251 g/mol. The van der Waals surface area contributed by atoms with Crippen LogP contribution in [0.15, 0.2) is 24.3 Å². The zero-order valence-corrected chi connectivity index (χ0v) is 9.92. The standard InChI is InChI=1S/C11H13N3O2S/c12-11(17)14-13-10(15)8-5-7-3-1-2-4-9(7)16-6-8/h1-4,8H,5-6H2,(H,13,15)(H3,12,14,17). The van der Waals surface area contributed by atoms with Gasteiger partial charge in [0.05, 0.1) is 5.92 Å². The van der Waals surface area contributed by atoms with Gasteiger partial charge in [-0.15, -0.1) is 0 Å². The highest BCUT2D eigenvalue weighted by Crippen LogP contribution is 2.26. The molecule has 0 fully saturated rings. The molecule has 90 valence electrons. The largest absolute Gasteiger partial charge is 0.492 e. The second-order valence-electron chi connectivity index (χ2n) is 3.80. The van der Waals surface area contributed by atoms with Gasteiger partial charge in [0.15, 0.2) is 5.11 Å². The lowest BCUT2D eigenvalue weighted by molar-refractivity contribution is -0.126. The topological polar surface area (TPSA) is 76.4 Å². The second kappa shape index (κ2) is 5.01. The molecule has 0 spiro atoms. The van der Waals surface area contributed by atoms with Crippen molar-refractivity contribution in [2.24, 2.45) is 11.7 Å². The van der Waals surface area contributed by atoms with E-state index in [0.29, 0.717) is 13.0 Å². The van der Waals surface area contributed by atoms with Crippen LogP contribution < -0.4 is 21.3 Å². The van der Waals surface area contributed by atoms with E-state index in [2.05, 4.69) is 23.1 Å². The summed E-state index contributed by atoms with van der Waals surface area (Å²) in [5, 5.41) is 0.0375. The summed E-state index contributed by atoms with van der Waals surface area (Å²) in [4.78, 5) is 11.7. The summed E-state index contributed by atoms with van der Waals surface area (Å²) in [7, 11) is 0. The summed E-state index contributed by atoms with van der Waals surface area (Å²) in [5.41, 5.74) is 11.1. The summed E-state index contributed by atoms with van der Waals surface area (Å²) in [6.07, 6.45) is 0.654. The number of rotatable bonds is 1. The van der Waals surface area contributed by atoms with E-state index in [9.17, 15) is 4.79 Å². The summed E-state index contributed by atoms with van der Waals surface area (Å²) < 4.78 is 5.51. The van der Waals surface area contributed by atoms with Crippen molar-refractivity contribution in [2.75, 3.05) is 6.61 Å². The highest BCUT2D eigenvalue weighted by Gasteiger charge is 2.25. The fourth-order valence-corrected chi connectivity index (χ4v) is 1.77. The fourth-order valence-electron chi connectivity index (χ4n) is 1.72. The van der Waals surface area contributed by atoms with Gasteiger partial charge in [-0.05, 0) is 30.3 Å². The first-order valence-electron chi connectivity index (χ1n) is 5.23. The third-order valence-corrected chi connectivity index (χ3v) is 2.66. The number of hydrazine groups is 1. The smallest absolute Gasteiger partial charge is 0.245 e. The van der Waals surface area contributed by atoms with Crippen molar-refractivity contribution in [1.29, 1.82) is 0 Å². The molecule has 1 amide bonds. The molecule has 0 aromatic heterocycles. The number of carbonyl (C=O) groups is 1. The maximum absolute atomic E-state index is 11.7. The lowest BCUT2D eigenvalue weighted by Crippen LogP contribution is -2.48. The predicted octanol–water partition coefficient (Wildman–Crippen LogP) is 0.102. The zero-order valence-electron chi connectivity index (χ0n) is 9.10. The van der Waals surface area contributed by atoms with Crippen LogP contribution in [0.3, 0.4) is 0 Å². The van der Waals surface area contributed by atoms with Gasteiger partial charge >= 0.3 is 0 Å². The molecule has 4 N–H and O–H groups in total. The Kier molecular flexibility index (Phi) is 3.43. The van der Waals surface area contributed by atoms with Crippen molar-refractivity contribution in [3.63, 3.8) is 0 Å². The van der Waals surface area contributed by atoms with Gasteiger partial charge < -0.3 is 10.5 Å². The fraction of sp³-hybridized carbons (Fsp3) is 0.273. The maximum atomic E-state index is 11.7. The Morgan fingerprint density at radius 1 is 1.41 bits per heavy atom. The van der Waals surface area contributed by atoms with Crippen LogP contribution in [0.4, 0.5) is 0 Å². The Morgan fingerprint density at radius 2 is 2.18 bits per heavy atom. The first-order valence-corrected chi connectivity index (χ1v) is 5.63. The molecule has 1 atom stereocenters. The molecule has 0 radical (unpaired) electrons. The molecule has 1 aromatic rings. The van der Waals surface area contributed by atoms with Crippen LogP contribution in [0, 0.1) is 5.92 Å². The molecular formula is C11H13N3O2S. The highest BCUT2D eigenvalue weighted by atomic mass is 32.1. The number of fused-ring (bicyclic) bond motifs is 1. The number of hydrogen-bond acceptors (Lipinski definition) is 3. The van der Waals surface area contributed by atoms with Gasteiger partial charge in [-0.25, -0.2) is 0 Å². The Morgan fingerprint density at radius 3 is 2.94 bits per heavy atom. The Balaban J connectivity index is 1.97. The van der Waals surface area contributed by atoms with Crippen LogP contribution in [0.1, 0.15) is 5.56 Å². The van der Waals surface area contributed by atoms with Crippen LogP contribution in [0.25, 0.3) is 0 Å². The third kappa shape index (κ3) is 2.85. The van der Waals surface area contributed by atoms with E-state index in [1.807, 2.05) is 24.3 Å². The molecule has 17 heavy (non-hydrogen) atoms. The molecule has 1 aromatic carbocycles. The van der Waals surface area contributed by atoms with E-state index in [1.54, 1.807) is 0 Å². The molecule has 0 saturated carbocycles. The number of para-hydroxylation sites is 1. The lowest BCUT2D eigenvalue weighted by Gasteiger charge is -2.24. The van der Waals surface area contributed by atoms with Gasteiger partial charge in [-0.3, -0.25) is 15.6 Å². The van der Waals surface area contributed by atoms with Crippen molar-refractivity contribution in [1.82, 2.24) is 10.9 Å². The molecule has 6 heteroatoms. The molecule has 1 aliphatic heterocycles. The van der Waals surface area contributed by atoms with E-state index < -0.39 is 0 Å². The maximum Gasteiger partial charge on any atom is 0.245 e. The predicted molar refractivity (Wildman–Crippen MR) is 67.2 cm³/mol. The summed E-state index contributed by atoms with van der Waals surface area (Å²) in [5.74, 6) is 0.443. The minimum Gasteiger partial charge on any atom is -0.492 e. The molecule has 0 aliphatic carbocycles. The Hall–Kier alpha value is -1.82. The van der Waals surface area contributed by atoms with Crippen molar-refractivity contribution in [2.45, 2.75) is 6.42 Å². The summed E-state index contributed by atoms with van der Waals surface area (Å²) >= 11 is 4.60. The average Bonchev–Trinajstić information content (AvgIpc) is 2.35. The zero-order chi connectivity index (χ0) is 12.3. The lowest BCUT2D eigenvalue weighted by atomic mass is 9.96. The van der Waals surface area contributed by atoms with Gasteiger partial charge in [0, 0.05) is 0 Å². The number of ether oxygens (including phenoxy) is 1. The van der Waals surface area contributed by atoms with Crippen LogP contribution in [-0.4, -0.2) is 17.6 Å². The highest BCUT2D eigenvalue weighted by molar-refractivity contribution is 7.80. The quantitative estimate of drug-likeness (QED) is 0.487. The molecule has 0 saturated heterocycles. The monoisotopic (exact) mass is 251 g/mol. The van der Waals surface area contributed by atoms with Crippen molar-refractivity contribution >= 4 is 23.2 Å². The Labute approximate surface area is 104 Å². The third-order valence-electron chi connectivity index (χ3n) is 2.56. The van der Waals surface area contributed by atoms with E-state index >= 15 is 0 Å². The SMILES string of the molecule is NC(=S)NNC(=O)C1COc2ccccc2C1. The normalized spacial score (nSPS) is 17.5. The van der Waals surface area contributed by atoms with Crippen LogP contribution >= 0.6 is 12.2 Å². The molecule has 0 bridgehead atoms. The number of thiocarbonyl (C=S) groups is 1. The molecule has 5 nitrogen and oxygen atoms in total. The number of nitrogens with one attached hydrogen (secondary N) is 2. The van der Waals surface area contributed by atoms with Crippen molar-refractivity contribution in [3.05, 3.63) is 29.8 Å². The minimum absolute atomic E-state index is 0.0375. The van der Waals surface area contributed by atoms with E-state index in [1.165, 1.54) is 0 Å². The first-order chi connectivity index (χ1) is 8.16. The minimum atomic E-state index is -0.230. The molecule has 1 unspecified atom stereocenters. The van der Waals surface area contributed by atoms with Gasteiger partial charge in [0.2, 0.25) is 5.91 Å². The van der Waals surface area contributed by atoms with E-state index in [-0.39, 0.29) is 16.9 Å². The Bertz CT molecular complexity index is 450. The van der Waals surface area contributed by atoms with Gasteiger partial charge in [-0.2, -0.15) is 0 Å². The van der Waals surface area contributed by atoms with Crippen LogP contribution in [-0.2, 0) is 11.2 Å². The van der Waals surface area contributed by atoms with Crippen LogP contribution in [0.2, 0.25) is 0 Å². The number of nitrogens with two attached hydrogens (primary N) is 1. The van der Waals surface area contributed by atoms with E-state index in [4.69, 9.17) is 10.5 Å². The number of benzene rings is 1. The van der Waals surface area contributed by atoms with E-state index in [0.717, 1.165) is 11.3 Å². The number of hydrogen-bond donors (Lipinski definition) is 3. The molecule has 1 aliphatic rings. The summed E-state index contributed by atoms with van der Waals surface area (Å²) in [6.45, 7) is 0.363. The van der Waals surface area contributed by atoms with Crippen molar-refractivity contribution < 1.29 is 9.53 Å². The van der Waals surface area contributed by atoms with Gasteiger partial charge in [0.1, 0.15) is 12.4 Å². The van der Waals surface area contributed by atoms with Gasteiger partial charge in [-0.1, -0.05) is 18.2 Å². The van der Waals surface area contributed by atoms with Crippen molar-refractivity contribution in [3.8, 4) is 5.75 Å². The number of amides is 1. The second-order valence-corrected chi connectivity index (χ2v) is 4.24. The first kappa shape index (κ1) is 11.7. The molecule has 2 rings (SSSR count). The molecular weight excluding hydrogens is 238 g/mol. The van der Waals surface area contributed by atoms with Gasteiger partial charge in [0.25, 0.3) is 0 Å². The van der Waals surface area contributed by atoms with Crippen LogP contribution in [0.5, 0.6) is 5.75 Å².